The Morgan fingerprint density at radius 2 is 2.21 bits per heavy atom. The second-order valence-corrected chi connectivity index (χ2v) is 5.21. The van der Waals surface area contributed by atoms with E-state index in [1.54, 1.807) is 0 Å². The molecule has 1 N–H and O–H groups in total. The van der Waals surface area contributed by atoms with Gasteiger partial charge in [-0.15, -0.1) is 0 Å². The van der Waals surface area contributed by atoms with Crippen LogP contribution in [-0.2, 0) is 0 Å². The van der Waals surface area contributed by atoms with Gasteiger partial charge in [0, 0.05) is 12.6 Å². The summed E-state index contributed by atoms with van der Waals surface area (Å²) >= 11 is 0. The molecule has 1 atom stereocenters. The number of hydrogen-bond acceptors (Lipinski definition) is 2. The molecule has 0 aliphatic carbocycles. The largest absolute Gasteiger partial charge is 0.494 e. The van der Waals surface area contributed by atoms with Crippen molar-refractivity contribution >= 4 is 6.03 Å². The second-order valence-electron chi connectivity index (χ2n) is 5.21. The average molecular weight is 262 g/mol. The fourth-order valence-electron chi connectivity index (χ4n) is 2.40. The first kappa shape index (κ1) is 13.7. The van der Waals surface area contributed by atoms with E-state index in [1.165, 1.54) is 0 Å². The van der Waals surface area contributed by atoms with Crippen LogP contribution in [0.3, 0.4) is 0 Å². The molecule has 0 bridgehead atoms. The molecule has 1 saturated heterocycles. The Bertz CT molecular complexity index is 471. The molecule has 1 unspecified atom stereocenters. The van der Waals surface area contributed by atoms with Crippen LogP contribution in [0.15, 0.2) is 18.2 Å². The molecule has 4 nitrogen and oxygen atoms in total. The van der Waals surface area contributed by atoms with Crippen molar-refractivity contribution in [3.8, 4) is 5.75 Å². The number of nitrogens with zero attached hydrogens (tertiary/aromatic N) is 1. The summed E-state index contributed by atoms with van der Waals surface area (Å²) in [4.78, 5) is 13.7. The number of aryl methyl sites for hydroxylation is 1. The van der Waals surface area contributed by atoms with Gasteiger partial charge in [-0.3, -0.25) is 0 Å². The standard InChI is InChI=1S/C15H22N2O2/c1-5-19-14-7-6-12(8-11(14)4)13-9-17(10(2)3)15(18)16-13/h6-8,10,13H,5,9H2,1-4H3,(H,16,18). The van der Waals surface area contributed by atoms with E-state index in [0.717, 1.165) is 23.4 Å². The van der Waals surface area contributed by atoms with Gasteiger partial charge in [-0.2, -0.15) is 0 Å². The second kappa shape index (κ2) is 5.51. The SMILES string of the molecule is CCOc1ccc(C2CN(C(C)C)C(=O)N2)cc1C. The van der Waals surface area contributed by atoms with Gasteiger partial charge >= 0.3 is 6.03 Å². The molecule has 1 aliphatic rings. The third-order valence-electron chi connectivity index (χ3n) is 3.46. The molecular formula is C15H22N2O2. The van der Waals surface area contributed by atoms with Crippen molar-refractivity contribution in [2.24, 2.45) is 0 Å². The van der Waals surface area contributed by atoms with E-state index < -0.39 is 0 Å². The van der Waals surface area contributed by atoms with Crippen molar-refractivity contribution in [2.45, 2.75) is 39.8 Å². The van der Waals surface area contributed by atoms with Crippen molar-refractivity contribution in [3.05, 3.63) is 29.3 Å². The van der Waals surface area contributed by atoms with Gasteiger partial charge in [0.05, 0.1) is 12.6 Å². The van der Waals surface area contributed by atoms with E-state index in [2.05, 4.69) is 11.4 Å². The van der Waals surface area contributed by atoms with Gasteiger partial charge in [-0.05, 0) is 44.9 Å². The zero-order valence-electron chi connectivity index (χ0n) is 12.1. The van der Waals surface area contributed by atoms with Crippen LogP contribution in [0.4, 0.5) is 4.79 Å². The molecule has 1 fully saturated rings. The van der Waals surface area contributed by atoms with E-state index in [0.29, 0.717) is 6.61 Å². The molecule has 4 heteroatoms. The Balaban J connectivity index is 2.15. The van der Waals surface area contributed by atoms with E-state index in [9.17, 15) is 4.79 Å². The summed E-state index contributed by atoms with van der Waals surface area (Å²) in [5.41, 5.74) is 2.24. The van der Waals surface area contributed by atoms with Crippen LogP contribution >= 0.6 is 0 Å². The van der Waals surface area contributed by atoms with Gasteiger partial charge in [0.25, 0.3) is 0 Å². The molecule has 1 heterocycles. The minimum atomic E-state index is 0.0199. The van der Waals surface area contributed by atoms with E-state index in [1.807, 2.05) is 44.7 Å². The van der Waals surface area contributed by atoms with Gasteiger partial charge in [-0.25, -0.2) is 4.79 Å². The number of carbonyl (C=O) groups is 1. The summed E-state index contributed by atoms with van der Waals surface area (Å²) in [6.45, 7) is 9.47. The maximum atomic E-state index is 11.8. The summed E-state index contributed by atoms with van der Waals surface area (Å²) in [6.07, 6.45) is 0. The molecule has 1 aromatic rings. The number of rotatable bonds is 4. The molecular weight excluding hydrogens is 240 g/mol. The Kier molecular flexibility index (Phi) is 3.98. The van der Waals surface area contributed by atoms with Crippen LogP contribution in [0.5, 0.6) is 5.75 Å². The number of amides is 2. The Hall–Kier alpha value is -1.71. The summed E-state index contributed by atoms with van der Waals surface area (Å²) < 4.78 is 5.54. The summed E-state index contributed by atoms with van der Waals surface area (Å²) in [6, 6.07) is 6.44. The van der Waals surface area contributed by atoms with Gasteiger partial charge < -0.3 is 15.0 Å². The third-order valence-corrected chi connectivity index (χ3v) is 3.46. The highest BCUT2D eigenvalue weighted by Crippen LogP contribution is 2.26. The molecule has 0 aromatic heterocycles. The van der Waals surface area contributed by atoms with E-state index in [4.69, 9.17) is 4.74 Å². The monoisotopic (exact) mass is 262 g/mol. The topological polar surface area (TPSA) is 41.6 Å². The first-order chi connectivity index (χ1) is 9.02. The Morgan fingerprint density at radius 1 is 1.47 bits per heavy atom. The minimum Gasteiger partial charge on any atom is -0.494 e. The lowest BCUT2D eigenvalue weighted by Crippen LogP contribution is -2.33. The summed E-state index contributed by atoms with van der Waals surface area (Å²) in [7, 11) is 0. The molecule has 19 heavy (non-hydrogen) atoms. The lowest BCUT2D eigenvalue weighted by atomic mass is 10.0. The highest BCUT2D eigenvalue weighted by atomic mass is 16.5. The first-order valence-corrected chi connectivity index (χ1v) is 6.83. The normalized spacial score (nSPS) is 18.9. The van der Waals surface area contributed by atoms with Crippen molar-refractivity contribution in [1.82, 2.24) is 10.2 Å². The maximum absolute atomic E-state index is 11.8. The highest BCUT2D eigenvalue weighted by Gasteiger charge is 2.31. The highest BCUT2D eigenvalue weighted by molar-refractivity contribution is 5.77. The van der Waals surface area contributed by atoms with Crippen LogP contribution in [0.25, 0.3) is 0 Å². The van der Waals surface area contributed by atoms with Crippen molar-refractivity contribution < 1.29 is 9.53 Å². The molecule has 1 aliphatic heterocycles. The zero-order valence-corrected chi connectivity index (χ0v) is 12.1. The van der Waals surface area contributed by atoms with Gasteiger partial charge in [0.2, 0.25) is 0 Å². The number of nitrogens with one attached hydrogen (secondary N) is 1. The third kappa shape index (κ3) is 2.83. The van der Waals surface area contributed by atoms with Crippen molar-refractivity contribution in [1.29, 1.82) is 0 Å². The van der Waals surface area contributed by atoms with E-state index >= 15 is 0 Å². The number of benzene rings is 1. The number of hydrogen-bond donors (Lipinski definition) is 1. The van der Waals surface area contributed by atoms with Crippen LogP contribution in [0, 0.1) is 6.92 Å². The quantitative estimate of drug-likeness (QED) is 0.906. The van der Waals surface area contributed by atoms with Gasteiger partial charge in [0.15, 0.2) is 0 Å². The molecule has 2 rings (SSSR count). The molecule has 0 spiro atoms. The predicted molar refractivity (Wildman–Crippen MR) is 75.5 cm³/mol. The molecule has 1 aromatic carbocycles. The molecule has 0 saturated carbocycles. The van der Waals surface area contributed by atoms with Crippen LogP contribution < -0.4 is 10.1 Å². The van der Waals surface area contributed by atoms with E-state index in [-0.39, 0.29) is 18.1 Å². The first-order valence-electron chi connectivity index (χ1n) is 6.83. The van der Waals surface area contributed by atoms with Crippen LogP contribution in [-0.4, -0.2) is 30.1 Å². The summed E-state index contributed by atoms with van der Waals surface area (Å²) in [5, 5.41) is 3.03. The van der Waals surface area contributed by atoms with Crippen LogP contribution in [0.2, 0.25) is 0 Å². The number of ether oxygens (including phenoxy) is 1. The number of urea groups is 1. The van der Waals surface area contributed by atoms with Gasteiger partial charge in [0.1, 0.15) is 5.75 Å². The van der Waals surface area contributed by atoms with Crippen molar-refractivity contribution in [3.63, 3.8) is 0 Å². The Morgan fingerprint density at radius 3 is 2.74 bits per heavy atom. The molecule has 104 valence electrons. The minimum absolute atomic E-state index is 0.0199. The average Bonchev–Trinajstić information content (AvgIpc) is 2.74. The fourth-order valence-corrected chi connectivity index (χ4v) is 2.40. The van der Waals surface area contributed by atoms with Gasteiger partial charge in [-0.1, -0.05) is 12.1 Å². The van der Waals surface area contributed by atoms with Crippen LogP contribution in [0.1, 0.15) is 37.9 Å². The predicted octanol–water partition coefficient (Wildman–Crippen LogP) is 2.87. The fraction of sp³-hybridized carbons (Fsp3) is 0.533. The Labute approximate surface area is 114 Å². The maximum Gasteiger partial charge on any atom is 0.318 e. The lowest BCUT2D eigenvalue weighted by Gasteiger charge is -2.19. The van der Waals surface area contributed by atoms with Crippen molar-refractivity contribution in [2.75, 3.05) is 13.2 Å². The smallest absolute Gasteiger partial charge is 0.318 e. The molecule has 0 radical (unpaired) electrons. The lowest BCUT2D eigenvalue weighted by molar-refractivity contribution is 0.206. The summed E-state index contributed by atoms with van der Waals surface area (Å²) in [5.74, 6) is 0.913. The zero-order chi connectivity index (χ0) is 14.0. The number of carbonyl (C=O) groups excluding carboxylic acids is 1. The molecule has 2 amide bonds.